The molecule has 1 aliphatic rings. The maximum atomic E-state index is 13.2. The van der Waals surface area contributed by atoms with Gasteiger partial charge in [0.25, 0.3) is 0 Å². The Morgan fingerprint density at radius 2 is 2.25 bits per heavy atom. The molecule has 0 spiro atoms. The van der Waals surface area contributed by atoms with Crippen LogP contribution in [-0.4, -0.2) is 43.6 Å². The second kappa shape index (κ2) is 6.86. The van der Waals surface area contributed by atoms with E-state index in [0.29, 0.717) is 31.2 Å². The van der Waals surface area contributed by atoms with Crippen LogP contribution in [0.1, 0.15) is 25.5 Å². The third kappa shape index (κ3) is 3.57. The van der Waals surface area contributed by atoms with Gasteiger partial charge in [-0.1, -0.05) is 16.8 Å². The highest BCUT2D eigenvalue weighted by molar-refractivity contribution is 6.30. The monoisotopic (exact) mass is 352 g/mol. The fourth-order valence-corrected chi connectivity index (χ4v) is 3.11. The molecule has 0 amide bonds. The molecule has 0 bridgehead atoms. The van der Waals surface area contributed by atoms with E-state index < -0.39 is 11.8 Å². The molecule has 1 aromatic carbocycles. The van der Waals surface area contributed by atoms with E-state index in [1.807, 2.05) is 0 Å². The standard InChI is InChI=1S/C16H18ClFN4O2/c1-10-2-3-11(16(23)24)7-21(10)8-12-9-22(20-19-12)13-4-5-15(18)14(17)6-13/h4-6,9-11H,2-3,7-8H2,1H3,(H,23,24). The number of halogens is 2. The van der Waals surface area contributed by atoms with E-state index in [0.717, 1.165) is 12.1 Å². The number of carbonyl (C=O) groups is 1. The summed E-state index contributed by atoms with van der Waals surface area (Å²) < 4.78 is 14.8. The lowest BCUT2D eigenvalue weighted by atomic mass is 9.93. The molecule has 6 nitrogen and oxygen atoms in total. The predicted octanol–water partition coefficient (Wildman–Crippen LogP) is 2.74. The van der Waals surface area contributed by atoms with Crippen LogP contribution in [0, 0.1) is 11.7 Å². The lowest BCUT2D eigenvalue weighted by Crippen LogP contribution is -2.43. The summed E-state index contributed by atoms with van der Waals surface area (Å²) in [5.41, 5.74) is 1.35. The minimum Gasteiger partial charge on any atom is -0.481 e. The van der Waals surface area contributed by atoms with Gasteiger partial charge >= 0.3 is 5.97 Å². The van der Waals surface area contributed by atoms with Crippen LogP contribution in [0.25, 0.3) is 5.69 Å². The average Bonchev–Trinajstić information content (AvgIpc) is 3.00. The second-order valence-electron chi connectivity index (χ2n) is 6.14. The van der Waals surface area contributed by atoms with E-state index in [1.54, 1.807) is 12.3 Å². The fourth-order valence-electron chi connectivity index (χ4n) is 2.93. The number of rotatable bonds is 4. The number of likely N-dealkylation sites (tertiary alicyclic amines) is 1. The van der Waals surface area contributed by atoms with Crippen molar-refractivity contribution >= 4 is 17.6 Å². The molecule has 128 valence electrons. The van der Waals surface area contributed by atoms with E-state index in [9.17, 15) is 14.3 Å². The minimum atomic E-state index is -0.753. The normalized spacial score (nSPS) is 21.8. The summed E-state index contributed by atoms with van der Waals surface area (Å²) in [6, 6.07) is 4.64. The first-order valence-electron chi connectivity index (χ1n) is 7.77. The molecular weight excluding hydrogens is 335 g/mol. The Balaban J connectivity index is 1.73. The number of aliphatic carboxylic acids is 1. The molecule has 1 aromatic heterocycles. The highest BCUT2D eigenvalue weighted by atomic mass is 35.5. The molecule has 1 fully saturated rings. The topological polar surface area (TPSA) is 71.2 Å². The van der Waals surface area contributed by atoms with Gasteiger partial charge in [0, 0.05) is 19.1 Å². The van der Waals surface area contributed by atoms with Crippen molar-refractivity contribution in [2.75, 3.05) is 6.54 Å². The van der Waals surface area contributed by atoms with Crippen molar-refractivity contribution in [3.63, 3.8) is 0 Å². The number of aromatic nitrogens is 3. The van der Waals surface area contributed by atoms with Crippen molar-refractivity contribution in [2.24, 2.45) is 5.92 Å². The molecule has 1 aliphatic heterocycles. The highest BCUT2D eigenvalue weighted by Crippen LogP contribution is 2.24. The third-order valence-corrected chi connectivity index (χ3v) is 4.72. The number of hydrogen-bond donors (Lipinski definition) is 1. The van der Waals surface area contributed by atoms with E-state index in [2.05, 4.69) is 22.1 Å². The number of carboxylic acids is 1. The Labute approximate surface area is 143 Å². The van der Waals surface area contributed by atoms with Crippen LogP contribution in [0.2, 0.25) is 5.02 Å². The van der Waals surface area contributed by atoms with Crippen molar-refractivity contribution < 1.29 is 14.3 Å². The molecule has 2 unspecified atom stereocenters. The summed E-state index contributed by atoms with van der Waals surface area (Å²) in [5.74, 6) is -1.58. The van der Waals surface area contributed by atoms with Gasteiger partial charge in [-0.2, -0.15) is 0 Å². The van der Waals surface area contributed by atoms with Gasteiger partial charge < -0.3 is 5.11 Å². The molecule has 3 rings (SSSR count). The van der Waals surface area contributed by atoms with E-state index in [-0.39, 0.29) is 10.9 Å². The van der Waals surface area contributed by atoms with Crippen LogP contribution < -0.4 is 0 Å². The third-order valence-electron chi connectivity index (χ3n) is 4.43. The lowest BCUT2D eigenvalue weighted by molar-refractivity contribution is -0.144. The first-order valence-corrected chi connectivity index (χ1v) is 8.15. The summed E-state index contributed by atoms with van der Waals surface area (Å²) in [4.78, 5) is 13.3. The average molecular weight is 353 g/mol. The fraction of sp³-hybridized carbons (Fsp3) is 0.438. The van der Waals surface area contributed by atoms with Crippen LogP contribution in [-0.2, 0) is 11.3 Å². The molecular formula is C16H18ClFN4O2. The molecule has 8 heteroatoms. The molecule has 0 aliphatic carbocycles. The van der Waals surface area contributed by atoms with Crippen molar-refractivity contribution in [2.45, 2.75) is 32.4 Å². The molecule has 2 atom stereocenters. The summed E-state index contributed by atoms with van der Waals surface area (Å²) in [6.45, 7) is 3.12. The van der Waals surface area contributed by atoms with E-state index in [1.165, 1.54) is 16.8 Å². The van der Waals surface area contributed by atoms with Crippen LogP contribution in [0.3, 0.4) is 0 Å². The van der Waals surface area contributed by atoms with Gasteiger partial charge in [-0.15, -0.1) is 5.10 Å². The van der Waals surface area contributed by atoms with Crippen LogP contribution in [0.4, 0.5) is 4.39 Å². The zero-order valence-corrected chi connectivity index (χ0v) is 13.9. The number of hydrogen-bond acceptors (Lipinski definition) is 4. The van der Waals surface area contributed by atoms with Crippen molar-refractivity contribution in [1.29, 1.82) is 0 Å². The first kappa shape index (κ1) is 16.9. The zero-order chi connectivity index (χ0) is 17.3. The maximum absolute atomic E-state index is 13.2. The predicted molar refractivity (Wildman–Crippen MR) is 86.6 cm³/mol. The van der Waals surface area contributed by atoms with Gasteiger partial charge in [0.1, 0.15) is 5.82 Å². The van der Waals surface area contributed by atoms with Crippen LogP contribution >= 0.6 is 11.6 Å². The Morgan fingerprint density at radius 3 is 2.96 bits per heavy atom. The summed E-state index contributed by atoms with van der Waals surface area (Å²) in [5, 5.41) is 17.4. The summed E-state index contributed by atoms with van der Waals surface area (Å²) in [6.07, 6.45) is 3.30. The SMILES string of the molecule is CC1CCC(C(=O)O)CN1Cc1cn(-c2ccc(F)c(Cl)c2)nn1. The molecule has 1 N–H and O–H groups in total. The first-order chi connectivity index (χ1) is 11.4. The molecule has 24 heavy (non-hydrogen) atoms. The van der Waals surface area contributed by atoms with Crippen molar-refractivity contribution in [3.05, 3.63) is 40.9 Å². The Kier molecular flexibility index (Phi) is 4.82. The van der Waals surface area contributed by atoms with Gasteiger partial charge in [-0.25, -0.2) is 9.07 Å². The number of benzene rings is 1. The zero-order valence-electron chi connectivity index (χ0n) is 13.2. The largest absolute Gasteiger partial charge is 0.481 e. The van der Waals surface area contributed by atoms with Crippen molar-refractivity contribution in [1.82, 2.24) is 19.9 Å². The lowest BCUT2D eigenvalue weighted by Gasteiger charge is -2.35. The van der Waals surface area contributed by atoms with Gasteiger partial charge in [0.05, 0.1) is 28.5 Å². The van der Waals surface area contributed by atoms with Crippen LogP contribution in [0.15, 0.2) is 24.4 Å². The number of nitrogens with zero attached hydrogens (tertiary/aromatic N) is 4. The maximum Gasteiger partial charge on any atom is 0.307 e. The van der Waals surface area contributed by atoms with E-state index in [4.69, 9.17) is 11.6 Å². The smallest absolute Gasteiger partial charge is 0.307 e. The second-order valence-corrected chi connectivity index (χ2v) is 6.55. The Bertz CT molecular complexity index is 751. The van der Waals surface area contributed by atoms with Gasteiger partial charge in [0.15, 0.2) is 0 Å². The minimum absolute atomic E-state index is 0.0264. The van der Waals surface area contributed by atoms with Gasteiger partial charge in [-0.3, -0.25) is 9.69 Å². The highest BCUT2D eigenvalue weighted by Gasteiger charge is 2.30. The van der Waals surface area contributed by atoms with Gasteiger partial charge in [0.2, 0.25) is 0 Å². The van der Waals surface area contributed by atoms with Gasteiger partial charge in [-0.05, 0) is 38.0 Å². The van der Waals surface area contributed by atoms with E-state index >= 15 is 0 Å². The number of carboxylic acid groups (broad SMARTS) is 1. The molecule has 1 saturated heterocycles. The Morgan fingerprint density at radius 1 is 1.46 bits per heavy atom. The quantitative estimate of drug-likeness (QED) is 0.916. The van der Waals surface area contributed by atoms with Crippen LogP contribution in [0.5, 0.6) is 0 Å². The summed E-state index contributed by atoms with van der Waals surface area (Å²) in [7, 11) is 0. The molecule has 0 saturated carbocycles. The Hall–Kier alpha value is -1.99. The summed E-state index contributed by atoms with van der Waals surface area (Å²) >= 11 is 5.79. The van der Waals surface area contributed by atoms with Crippen molar-refractivity contribution in [3.8, 4) is 5.69 Å². The molecule has 2 aromatic rings. The molecule has 0 radical (unpaired) electrons. The number of piperidine rings is 1. The molecule has 2 heterocycles.